The van der Waals surface area contributed by atoms with Crippen LogP contribution >= 0.6 is 0 Å². The minimum absolute atomic E-state index is 0.389. The van der Waals surface area contributed by atoms with Crippen molar-refractivity contribution in [1.82, 2.24) is 5.32 Å². The van der Waals surface area contributed by atoms with Gasteiger partial charge in [-0.3, -0.25) is 0 Å². The van der Waals surface area contributed by atoms with Crippen LogP contribution < -0.4 is 5.32 Å². The van der Waals surface area contributed by atoms with Crippen LogP contribution in [0, 0.1) is 5.92 Å². The maximum Gasteiger partial charge on any atom is 0.407 e. The molecule has 0 rings (SSSR count). The molecule has 0 heterocycles. The first-order valence-electron chi connectivity index (χ1n) is 5.82. The third kappa shape index (κ3) is 12.8. The molecule has 1 amide bonds. The van der Waals surface area contributed by atoms with Crippen molar-refractivity contribution in [2.75, 3.05) is 13.2 Å². The first-order chi connectivity index (χ1) is 7.56. The summed E-state index contributed by atoms with van der Waals surface area (Å²) in [5.74, 6) is 0.495. The molecule has 0 spiro atoms. The molecule has 0 bridgehead atoms. The highest BCUT2D eigenvalue weighted by Gasteiger charge is 1.98. The van der Waals surface area contributed by atoms with Crippen LogP contribution in [0.15, 0.2) is 24.3 Å². The number of alkyl carbamates (subject to hydrolysis) is 1. The van der Waals surface area contributed by atoms with E-state index in [1.165, 1.54) is 0 Å². The third-order valence-electron chi connectivity index (χ3n) is 1.45. The lowest BCUT2D eigenvalue weighted by Gasteiger charge is -2.04. The smallest absolute Gasteiger partial charge is 0.407 e. The average Bonchev–Trinajstić information content (AvgIpc) is 2.26. The Bertz CT molecular complexity index is 220. The molecule has 0 unspecified atom stereocenters. The molecule has 0 aromatic heterocycles. The predicted molar refractivity (Wildman–Crippen MR) is 69.5 cm³/mol. The lowest BCUT2D eigenvalue weighted by molar-refractivity contribution is 0.153. The molecule has 1 N–H and O–H groups in total. The van der Waals surface area contributed by atoms with E-state index in [9.17, 15) is 4.79 Å². The molecule has 0 aromatic rings. The Morgan fingerprint density at radius 3 is 2.44 bits per heavy atom. The van der Waals surface area contributed by atoms with Crippen LogP contribution in [0.3, 0.4) is 0 Å². The monoisotopic (exact) mass is 227 g/mol. The summed E-state index contributed by atoms with van der Waals surface area (Å²) in [6, 6.07) is 0. The Labute approximate surface area is 99.6 Å². The van der Waals surface area contributed by atoms with Crippen LogP contribution in [0.4, 0.5) is 4.79 Å². The van der Waals surface area contributed by atoms with Crippen molar-refractivity contribution in [2.45, 2.75) is 34.6 Å². The van der Waals surface area contributed by atoms with E-state index in [1.54, 1.807) is 6.92 Å². The van der Waals surface area contributed by atoms with Gasteiger partial charge in [0.05, 0.1) is 6.61 Å². The molecule has 0 aromatic carbocycles. The maximum atomic E-state index is 10.9. The van der Waals surface area contributed by atoms with Gasteiger partial charge in [-0.2, -0.15) is 0 Å². The van der Waals surface area contributed by atoms with Crippen molar-refractivity contribution < 1.29 is 9.53 Å². The fourth-order valence-corrected chi connectivity index (χ4v) is 0.755. The predicted octanol–water partition coefficient (Wildman–Crippen LogP) is 3.53. The minimum Gasteiger partial charge on any atom is -0.450 e. The third-order valence-corrected chi connectivity index (χ3v) is 1.45. The standard InChI is InChI=1S/C11H19NO2.C2H6/c1-5-14-11(13)12-8-10(4)7-6-9(2)3;1-2/h6-7,9H,4-5,8H2,1-3H3,(H,12,13);1-2H3/b7-6-;. The molecule has 0 aliphatic heterocycles. The van der Waals surface area contributed by atoms with Gasteiger partial charge in [0.2, 0.25) is 0 Å². The summed E-state index contributed by atoms with van der Waals surface area (Å²) in [6.07, 6.45) is 3.55. The van der Waals surface area contributed by atoms with E-state index < -0.39 is 6.09 Å². The molecule has 0 saturated heterocycles. The Morgan fingerprint density at radius 1 is 1.44 bits per heavy atom. The minimum atomic E-state index is -0.397. The largest absolute Gasteiger partial charge is 0.450 e. The van der Waals surface area contributed by atoms with E-state index in [0.717, 1.165) is 5.57 Å². The van der Waals surface area contributed by atoms with E-state index in [2.05, 4.69) is 25.7 Å². The zero-order chi connectivity index (χ0) is 13.0. The molecule has 0 saturated carbocycles. The number of nitrogens with one attached hydrogen (secondary N) is 1. The molecular weight excluding hydrogens is 202 g/mol. The highest BCUT2D eigenvalue weighted by molar-refractivity contribution is 5.67. The van der Waals surface area contributed by atoms with Crippen LogP contribution in [-0.4, -0.2) is 19.2 Å². The fourth-order valence-electron chi connectivity index (χ4n) is 0.755. The van der Waals surface area contributed by atoms with Gasteiger partial charge in [-0.15, -0.1) is 0 Å². The summed E-state index contributed by atoms with van der Waals surface area (Å²) in [5, 5.41) is 2.60. The molecule has 0 radical (unpaired) electrons. The van der Waals surface area contributed by atoms with Crippen molar-refractivity contribution in [2.24, 2.45) is 5.92 Å². The van der Waals surface area contributed by atoms with Crippen molar-refractivity contribution in [3.05, 3.63) is 24.3 Å². The summed E-state index contributed by atoms with van der Waals surface area (Å²) < 4.78 is 4.70. The van der Waals surface area contributed by atoms with Gasteiger partial charge in [0.1, 0.15) is 0 Å². The summed E-state index contributed by atoms with van der Waals surface area (Å²) in [6.45, 7) is 14.6. The van der Waals surface area contributed by atoms with Gasteiger partial charge in [-0.1, -0.05) is 46.4 Å². The van der Waals surface area contributed by atoms with Crippen LogP contribution in [0.5, 0.6) is 0 Å². The van der Waals surface area contributed by atoms with Crippen LogP contribution in [0.2, 0.25) is 0 Å². The van der Waals surface area contributed by atoms with Crippen molar-refractivity contribution >= 4 is 6.09 Å². The van der Waals surface area contributed by atoms with E-state index in [4.69, 9.17) is 4.74 Å². The second-order valence-electron chi connectivity index (χ2n) is 3.34. The molecule has 16 heavy (non-hydrogen) atoms. The number of hydrogen-bond donors (Lipinski definition) is 1. The number of ether oxygens (including phenoxy) is 1. The quantitative estimate of drug-likeness (QED) is 0.730. The first kappa shape index (κ1) is 17.2. The number of carbonyl (C=O) groups is 1. The summed E-state index contributed by atoms with van der Waals surface area (Å²) in [4.78, 5) is 10.9. The summed E-state index contributed by atoms with van der Waals surface area (Å²) in [7, 11) is 0. The Balaban J connectivity index is 0. The molecule has 0 aliphatic carbocycles. The van der Waals surface area contributed by atoms with Gasteiger partial charge < -0.3 is 10.1 Å². The van der Waals surface area contributed by atoms with Gasteiger partial charge in [0.15, 0.2) is 0 Å². The first-order valence-corrected chi connectivity index (χ1v) is 5.82. The van der Waals surface area contributed by atoms with Crippen LogP contribution in [0.1, 0.15) is 34.6 Å². The number of rotatable bonds is 5. The number of hydrogen-bond acceptors (Lipinski definition) is 2. The lowest BCUT2D eigenvalue weighted by atomic mass is 10.1. The number of carbonyl (C=O) groups excluding carboxylic acids is 1. The molecule has 3 heteroatoms. The highest BCUT2D eigenvalue weighted by atomic mass is 16.5. The Hall–Kier alpha value is -1.25. The Kier molecular flexibility index (Phi) is 12.7. The number of amides is 1. The van der Waals surface area contributed by atoms with Crippen molar-refractivity contribution in [3.63, 3.8) is 0 Å². The van der Waals surface area contributed by atoms with Gasteiger partial charge in [-0.25, -0.2) is 4.79 Å². The zero-order valence-electron chi connectivity index (χ0n) is 11.2. The van der Waals surface area contributed by atoms with Crippen LogP contribution in [-0.2, 0) is 4.74 Å². The number of allylic oxidation sites excluding steroid dienone is 1. The zero-order valence-corrected chi connectivity index (χ0v) is 11.2. The van der Waals surface area contributed by atoms with Crippen molar-refractivity contribution in [1.29, 1.82) is 0 Å². The molecule has 0 aliphatic rings. The Morgan fingerprint density at radius 2 is 2.00 bits per heavy atom. The van der Waals surface area contributed by atoms with Gasteiger partial charge in [0, 0.05) is 6.54 Å². The van der Waals surface area contributed by atoms with Crippen molar-refractivity contribution in [3.8, 4) is 0 Å². The average molecular weight is 227 g/mol. The molecule has 3 nitrogen and oxygen atoms in total. The van der Waals surface area contributed by atoms with E-state index in [0.29, 0.717) is 19.1 Å². The molecule has 0 fully saturated rings. The topological polar surface area (TPSA) is 38.3 Å². The van der Waals surface area contributed by atoms with Gasteiger partial charge in [0.25, 0.3) is 0 Å². The fraction of sp³-hybridized carbons (Fsp3) is 0.615. The maximum absolute atomic E-state index is 10.9. The SMILES string of the molecule is C=C(/C=C\C(C)C)CNC(=O)OCC.CC. The highest BCUT2D eigenvalue weighted by Crippen LogP contribution is 1.98. The lowest BCUT2D eigenvalue weighted by Crippen LogP contribution is -2.25. The molecule has 0 atom stereocenters. The second kappa shape index (κ2) is 11.8. The van der Waals surface area contributed by atoms with E-state index in [-0.39, 0.29) is 0 Å². The van der Waals surface area contributed by atoms with Gasteiger partial charge >= 0.3 is 6.09 Å². The van der Waals surface area contributed by atoms with E-state index >= 15 is 0 Å². The van der Waals surface area contributed by atoms with Gasteiger partial charge in [-0.05, 0) is 18.4 Å². The molecular formula is C13H25NO2. The normalized spacial score (nSPS) is 9.62. The summed E-state index contributed by atoms with van der Waals surface area (Å²) >= 11 is 0. The van der Waals surface area contributed by atoms with Crippen LogP contribution in [0.25, 0.3) is 0 Å². The molecule has 94 valence electrons. The van der Waals surface area contributed by atoms with E-state index in [1.807, 2.05) is 26.0 Å². The second-order valence-corrected chi connectivity index (χ2v) is 3.34. The summed E-state index contributed by atoms with van der Waals surface area (Å²) in [5.41, 5.74) is 0.867.